The average Bonchev–Trinajstić information content (AvgIpc) is 2.87. The molecule has 190 valence electrons. The summed E-state index contributed by atoms with van der Waals surface area (Å²) in [7, 11) is -4.17. The van der Waals surface area contributed by atoms with Crippen LogP contribution in [-0.2, 0) is 26.2 Å². The number of likely N-dealkylation sites (N-methyl/N-ethyl adjacent to an activating group) is 1. The van der Waals surface area contributed by atoms with E-state index in [9.17, 15) is 18.0 Å². The van der Waals surface area contributed by atoms with E-state index in [2.05, 4.69) is 5.32 Å². The van der Waals surface area contributed by atoms with Crippen LogP contribution >= 0.6 is 23.2 Å². The van der Waals surface area contributed by atoms with Crippen molar-refractivity contribution in [1.29, 1.82) is 0 Å². The molecule has 3 aromatic carbocycles. The van der Waals surface area contributed by atoms with Gasteiger partial charge in [-0.3, -0.25) is 13.9 Å². The van der Waals surface area contributed by atoms with E-state index in [0.29, 0.717) is 17.1 Å². The second kappa shape index (κ2) is 12.3. The predicted octanol–water partition coefficient (Wildman–Crippen LogP) is 4.74. The van der Waals surface area contributed by atoms with Crippen LogP contribution in [0, 0.1) is 0 Å². The summed E-state index contributed by atoms with van der Waals surface area (Å²) in [6, 6.07) is 20.3. The molecule has 3 aromatic rings. The van der Waals surface area contributed by atoms with Crippen molar-refractivity contribution in [3.8, 4) is 0 Å². The number of sulfonamides is 1. The molecule has 7 nitrogen and oxygen atoms in total. The summed E-state index contributed by atoms with van der Waals surface area (Å²) >= 11 is 12.7. The number of carbonyl (C=O) groups is 2. The normalized spacial score (nSPS) is 12.0. The van der Waals surface area contributed by atoms with Crippen LogP contribution in [0.5, 0.6) is 0 Å². The number of nitrogens with zero attached hydrogens (tertiary/aromatic N) is 2. The first-order chi connectivity index (χ1) is 17.2. The van der Waals surface area contributed by atoms with E-state index in [1.54, 1.807) is 74.5 Å². The smallest absolute Gasteiger partial charge is 0.264 e. The molecule has 1 N–H and O–H groups in total. The standard InChI is InChI=1S/C26H27Cl2N3O4S/c1-3-29-26(33)19(2)30(17-20-11-7-8-14-22(20)27)25(32)18-31(24-16-10-9-15-23(24)28)36(34,35)21-12-5-4-6-13-21/h4-16,19H,3,17-18H2,1-2H3,(H,29,33)/t19-/m0/s1. The SMILES string of the molecule is CCNC(=O)[C@H](C)N(Cc1ccccc1Cl)C(=O)CN(c1ccccc1Cl)S(=O)(=O)c1ccccc1. The van der Waals surface area contributed by atoms with Crippen LogP contribution in [0.4, 0.5) is 5.69 Å². The molecule has 0 radical (unpaired) electrons. The van der Waals surface area contributed by atoms with Crippen molar-refractivity contribution in [2.24, 2.45) is 0 Å². The Balaban J connectivity index is 2.04. The van der Waals surface area contributed by atoms with Gasteiger partial charge in [0.15, 0.2) is 0 Å². The van der Waals surface area contributed by atoms with Gasteiger partial charge in [-0.05, 0) is 49.7 Å². The second-order valence-corrected chi connectivity index (χ2v) is 10.6. The van der Waals surface area contributed by atoms with Crippen LogP contribution in [0.2, 0.25) is 10.0 Å². The number of anilines is 1. The van der Waals surface area contributed by atoms with Gasteiger partial charge >= 0.3 is 0 Å². The lowest BCUT2D eigenvalue weighted by molar-refractivity contribution is -0.139. The number of amides is 2. The lowest BCUT2D eigenvalue weighted by atomic mass is 10.1. The fraction of sp³-hybridized carbons (Fsp3) is 0.231. The minimum absolute atomic E-state index is 0.00662. The maximum atomic E-state index is 13.7. The maximum Gasteiger partial charge on any atom is 0.264 e. The molecular weight excluding hydrogens is 521 g/mol. The third kappa shape index (κ3) is 6.37. The number of hydrogen-bond donors (Lipinski definition) is 1. The lowest BCUT2D eigenvalue weighted by Crippen LogP contribution is -2.51. The molecule has 0 aliphatic heterocycles. The quantitative estimate of drug-likeness (QED) is 0.397. The Kier molecular flexibility index (Phi) is 9.37. The molecule has 0 bridgehead atoms. The van der Waals surface area contributed by atoms with E-state index >= 15 is 0 Å². The molecule has 0 saturated heterocycles. The Hall–Kier alpha value is -3.07. The van der Waals surface area contributed by atoms with E-state index < -0.39 is 28.5 Å². The van der Waals surface area contributed by atoms with E-state index in [4.69, 9.17) is 23.2 Å². The van der Waals surface area contributed by atoms with Crippen molar-refractivity contribution in [3.05, 3.63) is 94.5 Å². The van der Waals surface area contributed by atoms with Gasteiger partial charge in [-0.2, -0.15) is 0 Å². The first-order valence-corrected chi connectivity index (χ1v) is 13.5. The number of hydrogen-bond acceptors (Lipinski definition) is 4. The third-order valence-corrected chi connectivity index (χ3v) is 8.01. The molecule has 0 aromatic heterocycles. The zero-order chi connectivity index (χ0) is 26.3. The minimum Gasteiger partial charge on any atom is -0.355 e. The van der Waals surface area contributed by atoms with Crippen LogP contribution in [0.1, 0.15) is 19.4 Å². The van der Waals surface area contributed by atoms with Gasteiger partial charge < -0.3 is 10.2 Å². The first kappa shape index (κ1) is 27.5. The Morgan fingerprint density at radius 2 is 1.47 bits per heavy atom. The number of nitrogens with one attached hydrogen (secondary N) is 1. The zero-order valence-corrected chi connectivity index (χ0v) is 22.2. The number of carbonyl (C=O) groups excluding carboxylic acids is 2. The monoisotopic (exact) mass is 547 g/mol. The number of halogens is 2. The minimum atomic E-state index is -4.17. The number of rotatable bonds is 10. The van der Waals surface area contributed by atoms with Crippen LogP contribution < -0.4 is 9.62 Å². The van der Waals surface area contributed by atoms with Crippen molar-refractivity contribution in [3.63, 3.8) is 0 Å². The molecule has 0 aliphatic carbocycles. The van der Waals surface area contributed by atoms with Crippen LogP contribution in [0.15, 0.2) is 83.8 Å². The van der Waals surface area contributed by atoms with E-state index in [1.807, 2.05) is 0 Å². The van der Waals surface area contributed by atoms with Crippen LogP contribution in [0.3, 0.4) is 0 Å². The Morgan fingerprint density at radius 1 is 0.889 bits per heavy atom. The summed E-state index contributed by atoms with van der Waals surface area (Å²) in [6.45, 7) is 3.18. The van der Waals surface area contributed by atoms with Gasteiger partial charge in [0.1, 0.15) is 12.6 Å². The van der Waals surface area contributed by atoms with Crippen molar-refractivity contribution in [2.75, 3.05) is 17.4 Å². The molecule has 10 heteroatoms. The van der Waals surface area contributed by atoms with Gasteiger partial charge in [-0.15, -0.1) is 0 Å². The molecule has 0 heterocycles. The highest BCUT2D eigenvalue weighted by Gasteiger charge is 2.33. The Labute approximate surface area is 221 Å². The van der Waals surface area contributed by atoms with E-state index in [-0.39, 0.29) is 28.1 Å². The Bertz CT molecular complexity index is 1320. The summed E-state index contributed by atoms with van der Waals surface area (Å²) in [5, 5.41) is 3.31. The predicted molar refractivity (Wildman–Crippen MR) is 143 cm³/mol. The fourth-order valence-electron chi connectivity index (χ4n) is 3.60. The molecule has 3 rings (SSSR count). The topological polar surface area (TPSA) is 86.8 Å². The maximum absolute atomic E-state index is 13.7. The highest BCUT2D eigenvalue weighted by molar-refractivity contribution is 7.92. The molecule has 0 aliphatic rings. The molecule has 0 fully saturated rings. The molecule has 0 unspecified atom stereocenters. The highest BCUT2D eigenvalue weighted by Crippen LogP contribution is 2.30. The van der Waals surface area contributed by atoms with E-state index in [0.717, 1.165) is 4.31 Å². The van der Waals surface area contributed by atoms with Crippen molar-refractivity contribution < 1.29 is 18.0 Å². The number of benzene rings is 3. The van der Waals surface area contributed by atoms with Crippen molar-refractivity contribution in [2.45, 2.75) is 31.3 Å². The lowest BCUT2D eigenvalue weighted by Gasteiger charge is -2.32. The Morgan fingerprint density at radius 3 is 2.08 bits per heavy atom. The highest BCUT2D eigenvalue weighted by atomic mass is 35.5. The van der Waals surface area contributed by atoms with Crippen LogP contribution in [-0.4, -0.2) is 44.3 Å². The third-order valence-electron chi connectivity index (χ3n) is 5.55. The number of para-hydroxylation sites is 1. The summed E-state index contributed by atoms with van der Waals surface area (Å²) in [5.74, 6) is -0.957. The molecule has 36 heavy (non-hydrogen) atoms. The molecule has 2 amide bonds. The summed E-state index contributed by atoms with van der Waals surface area (Å²) in [6.07, 6.45) is 0. The van der Waals surface area contributed by atoms with Crippen molar-refractivity contribution in [1.82, 2.24) is 10.2 Å². The van der Waals surface area contributed by atoms with Crippen LogP contribution in [0.25, 0.3) is 0 Å². The average molecular weight is 548 g/mol. The fourth-order valence-corrected chi connectivity index (χ4v) is 5.54. The molecule has 0 spiro atoms. The second-order valence-electron chi connectivity index (χ2n) is 7.96. The molecular formula is C26H27Cl2N3O4S. The largest absolute Gasteiger partial charge is 0.355 e. The summed E-state index contributed by atoms with van der Waals surface area (Å²) in [5.41, 5.74) is 0.776. The zero-order valence-electron chi connectivity index (χ0n) is 19.9. The summed E-state index contributed by atoms with van der Waals surface area (Å²) in [4.78, 5) is 27.8. The van der Waals surface area contributed by atoms with Gasteiger partial charge in [0.25, 0.3) is 10.0 Å². The van der Waals surface area contributed by atoms with Gasteiger partial charge in [0.05, 0.1) is 15.6 Å². The molecule has 1 atom stereocenters. The van der Waals surface area contributed by atoms with Crippen molar-refractivity contribution >= 4 is 50.7 Å². The van der Waals surface area contributed by atoms with Gasteiger partial charge in [-0.1, -0.05) is 71.7 Å². The van der Waals surface area contributed by atoms with Gasteiger partial charge in [0.2, 0.25) is 11.8 Å². The van der Waals surface area contributed by atoms with E-state index in [1.165, 1.54) is 23.1 Å². The van der Waals surface area contributed by atoms with Gasteiger partial charge in [-0.25, -0.2) is 8.42 Å². The molecule has 0 saturated carbocycles. The van der Waals surface area contributed by atoms with Gasteiger partial charge in [0, 0.05) is 18.1 Å². The summed E-state index contributed by atoms with van der Waals surface area (Å²) < 4.78 is 28.3. The first-order valence-electron chi connectivity index (χ1n) is 11.3.